The number of hydrogen-bond donors (Lipinski definition) is 2. The summed E-state index contributed by atoms with van der Waals surface area (Å²) < 4.78 is 38.8. The number of alkyl halides is 3. The second-order valence-electron chi connectivity index (χ2n) is 5.11. The number of anilines is 2. The molecule has 0 aliphatic heterocycles. The van der Waals surface area contributed by atoms with E-state index in [0.717, 1.165) is 10.7 Å². The van der Waals surface area contributed by atoms with Crippen molar-refractivity contribution in [2.45, 2.75) is 12.7 Å². The highest BCUT2D eigenvalue weighted by Gasteiger charge is 2.34. The average Bonchev–Trinajstić information content (AvgIpc) is 2.87. The Bertz CT molecular complexity index is 727. The van der Waals surface area contributed by atoms with Gasteiger partial charge in [-0.05, 0) is 6.07 Å². The van der Waals surface area contributed by atoms with Crippen molar-refractivity contribution in [2.75, 3.05) is 24.3 Å². The van der Waals surface area contributed by atoms with Crippen molar-refractivity contribution in [1.29, 1.82) is 0 Å². The SMILES string of the molecule is CN(C)c1cc(NC(=O)NCc2cc(C(F)(F)F)nn2C)ncn1. The molecule has 0 atom stereocenters. The highest BCUT2D eigenvalue weighted by Crippen LogP contribution is 2.28. The summed E-state index contributed by atoms with van der Waals surface area (Å²) in [5.74, 6) is 0.869. The Balaban J connectivity index is 1.96. The maximum absolute atomic E-state index is 12.6. The number of urea groups is 1. The number of nitrogens with one attached hydrogen (secondary N) is 2. The maximum Gasteiger partial charge on any atom is 0.435 e. The number of carbonyl (C=O) groups is 1. The molecule has 0 radical (unpaired) electrons. The number of amides is 2. The van der Waals surface area contributed by atoms with Crippen molar-refractivity contribution in [3.05, 3.63) is 29.8 Å². The van der Waals surface area contributed by atoms with Gasteiger partial charge in [-0.2, -0.15) is 18.3 Å². The lowest BCUT2D eigenvalue weighted by molar-refractivity contribution is -0.141. The third kappa shape index (κ3) is 4.33. The van der Waals surface area contributed by atoms with Crippen molar-refractivity contribution < 1.29 is 18.0 Å². The summed E-state index contributed by atoms with van der Waals surface area (Å²) in [5.41, 5.74) is -0.789. The molecule has 0 aliphatic rings. The summed E-state index contributed by atoms with van der Waals surface area (Å²) in [7, 11) is 4.94. The fourth-order valence-electron chi connectivity index (χ4n) is 1.80. The monoisotopic (exact) mass is 343 g/mol. The lowest BCUT2D eigenvalue weighted by Crippen LogP contribution is -2.29. The Morgan fingerprint density at radius 2 is 2.00 bits per heavy atom. The minimum Gasteiger partial charge on any atom is -0.363 e. The Labute approximate surface area is 135 Å². The first kappa shape index (κ1) is 17.5. The quantitative estimate of drug-likeness (QED) is 0.881. The van der Waals surface area contributed by atoms with E-state index in [4.69, 9.17) is 0 Å². The topological polar surface area (TPSA) is 88.0 Å². The van der Waals surface area contributed by atoms with Crippen LogP contribution in [0.15, 0.2) is 18.5 Å². The summed E-state index contributed by atoms with van der Waals surface area (Å²) in [6.45, 7) is -0.114. The van der Waals surface area contributed by atoms with Crippen LogP contribution in [0.2, 0.25) is 0 Å². The predicted octanol–water partition coefficient (Wildman–Crippen LogP) is 1.62. The Morgan fingerprint density at radius 1 is 1.29 bits per heavy atom. The lowest BCUT2D eigenvalue weighted by atomic mass is 10.3. The molecule has 0 bridgehead atoms. The smallest absolute Gasteiger partial charge is 0.363 e. The van der Waals surface area contributed by atoms with Gasteiger partial charge in [0.1, 0.15) is 18.0 Å². The first-order valence-electron chi connectivity index (χ1n) is 6.81. The molecule has 11 heteroatoms. The summed E-state index contributed by atoms with van der Waals surface area (Å²) in [5, 5.41) is 8.30. The van der Waals surface area contributed by atoms with E-state index in [1.807, 2.05) is 0 Å². The van der Waals surface area contributed by atoms with Gasteiger partial charge in [0.15, 0.2) is 5.69 Å². The van der Waals surface area contributed by atoms with Crippen LogP contribution in [0, 0.1) is 0 Å². The van der Waals surface area contributed by atoms with E-state index in [-0.39, 0.29) is 18.1 Å². The van der Waals surface area contributed by atoms with Crippen LogP contribution in [-0.2, 0) is 19.8 Å². The first-order valence-corrected chi connectivity index (χ1v) is 6.81. The fraction of sp³-hybridized carbons (Fsp3) is 0.385. The van der Waals surface area contributed by atoms with Gasteiger partial charge in [0.05, 0.1) is 12.2 Å². The zero-order valence-corrected chi connectivity index (χ0v) is 13.2. The molecule has 0 fully saturated rings. The number of aryl methyl sites for hydroxylation is 1. The molecule has 2 aromatic heterocycles. The molecule has 0 saturated heterocycles. The molecule has 2 aromatic rings. The number of rotatable bonds is 4. The molecule has 2 amide bonds. The average molecular weight is 343 g/mol. The molecule has 0 unspecified atom stereocenters. The van der Waals surface area contributed by atoms with Crippen LogP contribution in [0.25, 0.3) is 0 Å². The summed E-state index contributed by atoms with van der Waals surface area (Å²) in [6.07, 6.45) is -3.23. The van der Waals surface area contributed by atoms with Crippen LogP contribution < -0.4 is 15.5 Å². The zero-order chi connectivity index (χ0) is 17.9. The fourth-order valence-corrected chi connectivity index (χ4v) is 1.80. The number of carbonyl (C=O) groups excluding carboxylic acids is 1. The van der Waals surface area contributed by atoms with Gasteiger partial charge in [0.2, 0.25) is 0 Å². The molecule has 24 heavy (non-hydrogen) atoms. The second-order valence-corrected chi connectivity index (χ2v) is 5.11. The minimum atomic E-state index is -4.53. The van der Waals surface area contributed by atoms with E-state index >= 15 is 0 Å². The van der Waals surface area contributed by atoms with Gasteiger partial charge in [0, 0.05) is 27.2 Å². The summed E-state index contributed by atoms with van der Waals surface area (Å²) in [4.78, 5) is 21.5. The number of nitrogens with zero attached hydrogens (tertiary/aromatic N) is 5. The normalized spacial score (nSPS) is 11.2. The Hall–Kier alpha value is -2.85. The first-order chi connectivity index (χ1) is 11.2. The molecule has 8 nitrogen and oxygen atoms in total. The maximum atomic E-state index is 12.6. The molecule has 2 N–H and O–H groups in total. The van der Waals surface area contributed by atoms with E-state index in [9.17, 15) is 18.0 Å². The van der Waals surface area contributed by atoms with Crippen LogP contribution in [-0.4, -0.2) is 39.9 Å². The molecule has 2 rings (SSSR count). The molecule has 0 spiro atoms. The van der Waals surface area contributed by atoms with E-state index in [1.54, 1.807) is 25.1 Å². The van der Waals surface area contributed by atoms with Crippen molar-refractivity contribution >= 4 is 17.7 Å². The molecular weight excluding hydrogens is 327 g/mol. The van der Waals surface area contributed by atoms with Crippen LogP contribution in [0.5, 0.6) is 0 Å². The third-order valence-electron chi connectivity index (χ3n) is 3.05. The Morgan fingerprint density at radius 3 is 2.58 bits per heavy atom. The molecule has 0 saturated carbocycles. The highest BCUT2D eigenvalue weighted by molar-refractivity contribution is 5.88. The molecule has 2 heterocycles. The largest absolute Gasteiger partial charge is 0.435 e. The highest BCUT2D eigenvalue weighted by atomic mass is 19.4. The van der Waals surface area contributed by atoms with Gasteiger partial charge in [-0.15, -0.1) is 0 Å². The standard InChI is InChI=1S/C13H16F3N7O/c1-22(2)11-5-10(18-7-19-11)20-12(24)17-6-8-4-9(13(14,15)16)21-23(8)3/h4-5,7H,6H2,1-3H3,(H2,17,18,19,20,24). The van der Waals surface area contributed by atoms with Gasteiger partial charge in [0.25, 0.3) is 0 Å². The van der Waals surface area contributed by atoms with Gasteiger partial charge in [-0.25, -0.2) is 14.8 Å². The number of hydrogen-bond acceptors (Lipinski definition) is 5. The predicted molar refractivity (Wildman–Crippen MR) is 80.4 cm³/mol. The molecule has 130 valence electrons. The van der Waals surface area contributed by atoms with Crippen LogP contribution in [0.1, 0.15) is 11.4 Å². The van der Waals surface area contributed by atoms with E-state index in [2.05, 4.69) is 25.7 Å². The minimum absolute atomic E-state index is 0.114. The van der Waals surface area contributed by atoms with Crippen molar-refractivity contribution in [1.82, 2.24) is 25.1 Å². The van der Waals surface area contributed by atoms with Crippen LogP contribution in [0.4, 0.5) is 29.6 Å². The zero-order valence-electron chi connectivity index (χ0n) is 13.2. The van der Waals surface area contributed by atoms with Gasteiger partial charge in [-0.1, -0.05) is 0 Å². The molecule has 0 aromatic carbocycles. The van der Waals surface area contributed by atoms with E-state index in [1.165, 1.54) is 13.4 Å². The van der Waals surface area contributed by atoms with Crippen LogP contribution >= 0.6 is 0 Å². The second kappa shape index (κ2) is 6.72. The van der Waals surface area contributed by atoms with E-state index < -0.39 is 17.9 Å². The van der Waals surface area contributed by atoms with Crippen LogP contribution in [0.3, 0.4) is 0 Å². The van der Waals surface area contributed by atoms with Crippen molar-refractivity contribution in [3.8, 4) is 0 Å². The van der Waals surface area contributed by atoms with E-state index in [0.29, 0.717) is 5.82 Å². The van der Waals surface area contributed by atoms with Crippen molar-refractivity contribution in [2.24, 2.45) is 7.05 Å². The third-order valence-corrected chi connectivity index (χ3v) is 3.05. The lowest BCUT2D eigenvalue weighted by Gasteiger charge is -2.12. The van der Waals surface area contributed by atoms with Crippen molar-refractivity contribution in [3.63, 3.8) is 0 Å². The Kier molecular flexibility index (Phi) is 4.90. The number of aromatic nitrogens is 4. The van der Waals surface area contributed by atoms with Gasteiger partial charge >= 0.3 is 12.2 Å². The molecular formula is C13H16F3N7O. The van der Waals surface area contributed by atoms with Gasteiger partial charge in [-0.3, -0.25) is 10.00 Å². The summed E-state index contributed by atoms with van der Waals surface area (Å²) >= 11 is 0. The number of halogens is 3. The summed E-state index contributed by atoms with van der Waals surface area (Å²) in [6, 6.07) is 1.84. The van der Waals surface area contributed by atoms with Gasteiger partial charge < -0.3 is 10.2 Å². The molecule has 0 aliphatic carbocycles.